The fourth-order valence-corrected chi connectivity index (χ4v) is 6.44. The van der Waals surface area contributed by atoms with Gasteiger partial charge in [0.15, 0.2) is 4.80 Å². The molecule has 1 aliphatic rings. The van der Waals surface area contributed by atoms with Crippen molar-refractivity contribution in [3.63, 3.8) is 0 Å². The molecule has 1 aromatic heterocycles. The lowest BCUT2D eigenvalue weighted by atomic mass is 9.96. The molecule has 0 spiro atoms. The molecular formula is C26H25Br2N3O4S. The number of aromatic nitrogens is 1. The first-order valence-electron chi connectivity index (χ1n) is 11.2. The number of carbonyl (C=O) groups is 1. The van der Waals surface area contributed by atoms with E-state index in [2.05, 4.69) is 36.9 Å². The van der Waals surface area contributed by atoms with Gasteiger partial charge in [-0.05, 0) is 87.2 Å². The van der Waals surface area contributed by atoms with E-state index in [4.69, 9.17) is 9.47 Å². The number of benzene rings is 2. The minimum Gasteiger partial charge on any atom is -0.496 e. The molecular weight excluding hydrogens is 610 g/mol. The van der Waals surface area contributed by atoms with E-state index in [1.165, 1.54) is 11.3 Å². The van der Waals surface area contributed by atoms with E-state index in [0.29, 0.717) is 30.8 Å². The molecule has 0 saturated heterocycles. The molecule has 0 bridgehead atoms. The van der Waals surface area contributed by atoms with Crippen molar-refractivity contribution < 1.29 is 14.3 Å². The predicted octanol–water partition coefficient (Wildman–Crippen LogP) is 4.40. The van der Waals surface area contributed by atoms with Gasteiger partial charge in [0.25, 0.3) is 5.56 Å². The Kier molecular flexibility index (Phi) is 7.87. The first-order chi connectivity index (χ1) is 17.2. The van der Waals surface area contributed by atoms with E-state index in [-0.39, 0.29) is 12.2 Å². The molecule has 7 nitrogen and oxygen atoms in total. The largest absolute Gasteiger partial charge is 0.496 e. The Bertz CT molecular complexity index is 1560. The maximum atomic E-state index is 13.8. The van der Waals surface area contributed by atoms with Crippen LogP contribution in [0.15, 0.2) is 66.4 Å². The highest BCUT2D eigenvalue weighted by Gasteiger charge is 2.33. The van der Waals surface area contributed by atoms with Gasteiger partial charge in [-0.1, -0.05) is 23.5 Å². The summed E-state index contributed by atoms with van der Waals surface area (Å²) in [7, 11) is 5.53. The normalized spacial score (nSPS) is 15.4. The lowest BCUT2D eigenvalue weighted by Crippen LogP contribution is -2.40. The molecule has 4 rings (SSSR count). The fourth-order valence-electron chi connectivity index (χ4n) is 4.09. The topological polar surface area (TPSA) is 73.1 Å². The van der Waals surface area contributed by atoms with E-state index in [9.17, 15) is 9.59 Å². The zero-order valence-electron chi connectivity index (χ0n) is 20.5. The molecule has 0 fully saturated rings. The van der Waals surface area contributed by atoms with Gasteiger partial charge in [-0.15, -0.1) is 0 Å². The quantitative estimate of drug-likeness (QED) is 0.376. The van der Waals surface area contributed by atoms with Gasteiger partial charge in [-0.2, -0.15) is 0 Å². The van der Waals surface area contributed by atoms with Crippen LogP contribution < -0.4 is 24.5 Å². The monoisotopic (exact) mass is 633 g/mol. The fraction of sp³-hybridized carbons (Fsp3) is 0.269. The van der Waals surface area contributed by atoms with Crippen molar-refractivity contribution in [2.45, 2.75) is 19.9 Å². The lowest BCUT2D eigenvalue weighted by Gasteiger charge is -2.25. The standard InChI is InChI=1S/C26H25Br2N3O4S/c1-6-35-25(33)22-14(2)29-26-31(23(22)16-8-10-20(34-5)18(28)13-16)24(32)21(36-26)12-15-7-9-19(30(3)4)17(27)11-15/h7-13,23H,6H2,1-5H3/t23-/m1/s1. The lowest BCUT2D eigenvalue weighted by molar-refractivity contribution is -0.139. The molecule has 0 radical (unpaired) electrons. The van der Waals surface area contributed by atoms with Crippen LogP contribution in [0.25, 0.3) is 6.08 Å². The van der Waals surface area contributed by atoms with Crippen LogP contribution in [0.3, 0.4) is 0 Å². The molecule has 10 heteroatoms. The average Bonchev–Trinajstić information content (AvgIpc) is 3.12. The molecule has 2 aromatic carbocycles. The number of nitrogens with zero attached hydrogens (tertiary/aromatic N) is 3. The zero-order chi connectivity index (χ0) is 26.1. The van der Waals surface area contributed by atoms with E-state index in [1.807, 2.05) is 55.4 Å². The van der Waals surface area contributed by atoms with Gasteiger partial charge in [-0.25, -0.2) is 9.79 Å². The van der Waals surface area contributed by atoms with Crippen LogP contribution >= 0.6 is 43.2 Å². The average molecular weight is 635 g/mol. The number of halogens is 2. The molecule has 0 N–H and O–H groups in total. The summed E-state index contributed by atoms with van der Waals surface area (Å²) in [6.45, 7) is 3.74. The van der Waals surface area contributed by atoms with Crippen molar-refractivity contribution in [2.24, 2.45) is 4.99 Å². The van der Waals surface area contributed by atoms with Crippen LogP contribution in [0.2, 0.25) is 0 Å². The van der Waals surface area contributed by atoms with Gasteiger partial charge >= 0.3 is 5.97 Å². The van der Waals surface area contributed by atoms with E-state index < -0.39 is 12.0 Å². The molecule has 3 aromatic rings. The Labute approximate surface area is 229 Å². The van der Waals surface area contributed by atoms with Gasteiger partial charge in [0.2, 0.25) is 0 Å². The minimum atomic E-state index is -0.687. The SMILES string of the molecule is CCOC(=O)C1=C(C)N=c2sc(=Cc3ccc(N(C)C)c(Br)c3)c(=O)n2[C@@H]1c1ccc(OC)c(Br)c1. The van der Waals surface area contributed by atoms with E-state index in [0.717, 1.165) is 21.3 Å². The van der Waals surface area contributed by atoms with E-state index >= 15 is 0 Å². The van der Waals surface area contributed by atoms with Crippen molar-refractivity contribution in [1.29, 1.82) is 0 Å². The summed E-state index contributed by atoms with van der Waals surface area (Å²) < 4.78 is 14.5. The number of rotatable bonds is 6. The van der Waals surface area contributed by atoms with Gasteiger partial charge in [0.1, 0.15) is 5.75 Å². The molecule has 2 heterocycles. The smallest absolute Gasteiger partial charge is 0.338 e. The number of hydrogen-bond acceptors (Lipinski definition) is 7. The summed E-state index contributed by atoms with van der Waals surface area (Å²) in [5, 5.41) is 0. The van der Waals surface area contributed by atoms with E-state index in [1.54, 1.807) is 31.6 Å². The summed E-state index contributed by atoms with van der Waals surface area (Å²) in [4.78, 5) is 34.0. The van der Waals surface area contributed by atoms with Crippen LogP contribution in [0.4, 0.5) is 5.69 Å². The minimum absolute atomic E-state index is 0.219. The van der Waals surface area contributed by atoms with Crippen molar-refractivity contribution >= 4 is 60.9 Å². The summed E-state index contributed by atoms with van der Waals surface area (Å²) >= 11 is 8.43. The van der Waals surface area contributed by atoms with Crippen LogP contribution in [0.1, 0.15) is 31.0 Å². The third kappa shape index (κ3) is 4.94. The predicted molar refractivity (Wildman–Crippen MR) is 150 cm³/mol. The van der Waals surface area contributed by atoms with Gasteiger partial charge in [-0.3, -0.25) is 9.36 Å². The summed E-state index contributed by atoms with van der Waals surface area (Å²) in [6.07, 6.45) is 1.85. The van der Waals surface area contributed by atoms with Crippen molar-refractivity contribution in [3.8, 4) is 5.75 Å². The van der Waals surface area contributed by atoms with Crippen LogP contribution in [0.5, 0.6) is 5.75 Å². The number of esters is 1. The van der Waals surface area contributed by atoms with Crippen molar-refractivity contribution in [3.05, 3.63) is 87.4 Å². The highest BCUT2D eigenvalue weighted by atomic mass is 79.9. The third-order valence-electron chi connectivity index (χ3n) is 5.76. The molecule has 0 unspecified atom stereocenters. The highest BCUT2D eigenvalue weighted by Crippen LogP contribution is 2.35. The summed E-state index contributed by atoms with van der Waals surface area (Å²) in [6, 6.07) is 10.8. The van der Waals surface area contributed by atoms with Crippen LogP contribution in [-0.4, -0.2) is 38.3 Å². The molecule has 0 saturated carbocycles. The second-order valence-corrected chi connectivity index (χ2v) is 11.0. The summed E-state index contributed by atoms with van der Waals surface area (Å²) in [5.74, 6) is 0.157. The Balaban J connectivity index is 1.93. The molecule has 36 heavy (non-hydrogen) atoms. The Morgan fingerprint density at radius 1 is 1.19 bits per heavy atom. The summed E-state index contributed by atoms with van der Waals surface area (Å²) in [5.41, 5.74) is 3.29. The van der Waals surface area contributed by atoms with Gasteiger partial charge in [0.05, 0.1) is 45.7 Å². The number of fused-ring (bicyclic) bond motifs is 1. The first kappa shape index (κ1) is 26.4. The second-order valence-electron chi connectivity index (χ2n) is 8.30. The van der Waals surface area contributed by atoms with Crippen LogP contribution in [-0.2, 0) is 9.53 Å². The number of methoxy groups -OCH3 is 1. The number of allylic oxidation sites excluding steroid dienone is 1. The van der Waals surface area contributed by atoms with Crippen molar-refractivity contribution in [1.82, 2.24) is 4.57 Å². The molecule has 0 aliphatic carbocycles. The molecule has 1 atom stereocenters. The number of hydrogen-bond donors (Lipinski definition) is 0. The second kappa shape index (κ2) is 10.7. The van der Waals surface area contributed by atoms with Crippen molar-refractivity contribution in [2.75, 3.05) is 32.7 Å². The number of anilines is 1. The van der Waals surface area contributed by atoms with Gasteiger partial charge < -0.3 is 14.4 Å². The Morgan fingerprint density at radius 3 is 2.56 bits per heavy atom. The maximum Gasteiger partial charge on any atom is 0.338 e. The van der Waals surface area contributed by atoms with Gasteiger partial charge in [0, 0.05) is 18.6 Å². The molecule has 188 valence electrons. The maximum absolute atomic E-state index is 13.8. The number of thiazole rings is 1. The third-order valence-corrected chi connectivity index (χ3v) is 8.00. The zero-order valence-corrected chi connectivity index (χ0v) is 24.5. The Hall–Kier alpha value is -2.69. The first-order valence-corrected chi connectivity index (χ1v) is 13.6. The number of ether oxygens (including phenoxy) is 2. The van der Waals surface area contributed by atoms with Crippen LogP contribution in [0, 0.1) is 0 Å². The molecule has 1 aliphatic heterocycles. The number of carbonyl (C=O) groups excluding carboxylic acids is 1. The highest BCUT2D eigenvalue weighted by molar-refractivity contribution is 9.11. The Morgan fingerprint density at radius 2 is 1.94 bits per heavy atom. The molecule has 0 amide bonds.